The van der Waals surface area contributed by atoms with Crippen molar-refractivity contribution >= 4 is 12.1 Å². The van der Waals surface area contributed by atoms with E-state index in [1.165, 1.54) is 44.7 Å². The van der Waals surface area contributed by atoms with Gasteiger partial charge in [-0.25, -0.2) is 9.82 Å². The smallest absolute Gasteiger partial charge is 0.405 e. The number of nitrogens with zero attached hydrogens (tertiary/aromatic N) is 1. The maximum absolute atomic E-state index is 13.0. The molecular formula is C23H30F4N4O3. The third-order valence-corrected chi connectivity index (χ3v) is 4.41. The van der Waals surface area contributed by atoms with E-state index in [9.17, 15) is 22.4 Å². The van der Waals surface area contributed by atoms with Gasteiger partial charge in [-0.05, 0) is 30.7 Å². The van der Waals surface area contributed by atoms with Crippen LogP contribution in [0, 0.1) is 5.82 Å². The molecule has 3 N–H and O–H groups in total. The molecule has 0 spiro atoms. The van der Waals surface area contributed by atoms with Crippen molar-refractivity contribution in [1.29, 1.82) is 0 Å². The second kappa shape index (κ2) is 14.7. The molecule has 1 rings (SSSR count). The number of aliphatic imine (C=N–C) groups is 1. The van der Waals surface area contributed by atoms with Crippen LogP contribution < -0.4 is 16.2 Å². The van der Waals surface area contributed by atoms with Gasteiger partial charge in [-0.15, -0.1) is 0 Å². The van der Waals surface area contributed by atoms with E-state index in [1.807, 2.05) is 6.92 Å². The number of hydrogen-bond acceptors (Lipinski definition) is 6. The lowest BCUT2D eigenvalue weighted by Gasteiger charge is -2.17. The number of hydrazine groups is 1. The van der Waals surface area contributed by atoms with E-state index in [-0.39, 0.29) is 18.7 Å². The van der Waals surface area contributed by atoms with Gasteiger partial charge in [0.2, 0.25) is 0 Å². The van der Waals surface area contributed by atoms with Crippen LogP contribution in [0.2, 0.25) is 0 Å². The predicted octanol–water partition coefficient (Wildman–Crippen LogP) is 3.91. The summed E-state index contributed by atoms with van der Waals surface area (Å²) in [5.74, 6) is 0.167. The van der Waals surface area contributed by atoms with Gasteiger partial charge < -0.3 is 20.2 Å². The lowest BCUT2D eigenvalue weighted by molar-refractivity contribution is -0.153. The van der Waals surface area contributed by atoms with Crippen LogP contribution in [0.3, 0.4) is 0 Å². The van der Waals surface area contributed by atoms with Crippen LogP contribution in [0.25, 0.3) is 0 Å². The molecule has 0 bridgehead atoms. The number of halogens is 4. The first-order chi connectivity index (χ1) is 16.1. The van der Waals surface area contributed by atoms with Gasteiger partial charge in [0, 0.05) is 25.4 Å². The highest BCUT2D eigenvalue weighted by Gasteiger charge is 2.35. The summed E-state index contributed by atoms with van der Waals surface area (Å²) in [6.07, 6.45) is 1.72. The third-order valence-electron chi connectivity index (χ3n) is 4.41. The first-order valence-electron chi connectivity index (χ1n) is 10.4. The summed E-state index contributed by atoms with van der Waals surface area (Å²) in [7, 11) is 3.02. The van der Waals surface area contributed by atoms with E-state index in [1.54, 1.807) is 12.2 Å². The molecule has 0 aliphatic heterocycles. The molecule has 0 saturated carbocycles. The lowest BCUT2D eigenvalue weighted by Crippen LogP contribution is -2.45. The van der Waals surface area contributed by atoms with Crippen molar-refractivity contribution in [1.82, 2.24) is 16.2 Å². The zero-order valence-electron chi connectivity index (χ0n) is 19.5. The zero-order valence-corrected chi connectivity index (χ0v) is 19.5. The molecule has 1 atom stereocenters. The van der Waals surface area contributed by atoms with Crippen LogP contribution in [0.1, 0.15) is 25.8 Å². The Labute approximate surface area is 196 Å². The van der Waals surface area contributed by atoms with Crippen LogP contribution in [0.4, 0.5) is 17.6 Å². The fourth-order valence-corrected chi connectivity index (χ4v) is 2.44. The Morgan fingerprint density at radius 2 is 1.85 bits per heavy atom. The average Bonchev–Trinajstić information content (AvgIpc) is 2.80. The molecule has 188 valence electrons. The van der Waals surface area contributed by atoms with Crippen LogP contribution >= 0.6 is 0 Å². The van der Waals surface area contributed by atoms with Crippen LogP contribution in [0.5, 0.6) is 0 Å². The molecule has 0 saturated heterocycles. The molecule has 0 aliphatic carbocycles. The highest BCUT2D eigenvalue weighted by molar-refractivity contribution is 6.12. The van der Waals surface area contributed by atoms with Gasteiger partial charge in [0.25, 0.3) is 5.91 Å². The quantitative estimate of drug-likeness (QED) is 0.0984. The molecule has 11 heteroatoms. The zero-order chi connectivity index (χ0) is 25.6. The molecule has 7 nitrogen and oxygen atoms in total. The van der Waals surface area contributed by atoms with E-state index in [4.69, 9.17) is 9.47 Å². The number of alkyl halides is 3. The highest BCUT2D eigenvalue weighted by atomic mass is 19.4. The number of carbonyl (C=O) groups is 1. The number of hydrogen-bond donors (Lipinski definition) is 3. The van der Waals surface area contributed by atoms with Gasteiger partial charge in [-0.1, -0.05) is 25.1 Å². The molecule has 0 aromatic heterocycles. The number of ether oxygens (including phenoxy) is 2. The third kappa shape index (κ3) is 10.5. The summed E-state index contributed by atoms with van der Waals surface area (Å²) >= 11 is 0. The van der Waals surface area contributed by atoms with Gasteiger partial charge in [0.15, 0.2) is 5.76 Å². The Kier molecular flexibility index (Phi) is 12.4. The molecule has 1 aromatic carbocycles. The molecule has 0 fully saturated rings. The van der Waals surface area contributed by atoms with Crippen molar-refractivity contribution in [2.45, 2.75) is 39.0 Å². The Balaban J connectivity index is 2.86. The number of rotatable bonds is 13. The first-order valence-corrected chi connectivity index (χ1v) is 10.4. The minimum Gasteiger partial charge on any atom is -0.497 e. The number of amides is 1. The fraction of sp³-hybridized carbons (Fsp3) is 0.391. The molecular weight excluding hydrogens is 456 g/mol. The monoisotopic (exact) mass is 486 g/mol. The Morgan fingerprint density at radius 1 is 1.18 bits per heavy atom. The van der Waals surface area contributed by atoms with Gasteiger partial charge in [-0.3, -0.25) is 9.79 Å². The molecule has 0 heterocycles. The minimum atomic E-state index is -4.46. The van der Waals surface area contributed by atoms with Crippen molar-refractivity contribution in [3.8, 4) is 0 Å². The number of nitrogens with one attached hydrogen (secondary N) is 3. The molecule has 0 aliphatic rings. The van der Waals surface area contributed by atoms with Crippen molar-refractivity contribution < 1.29 is 31.8 Å². The van der Waals surface area contributed by atoms with E-state index in [2.05, 4.69) is 21.2 Å². The molecule has 1 aromatic rings. The normalized spacial score (nSPS) is 14.2. The summed E-state index contributed by atoms with van der Waals surface area (Å²) < 4.78 is 61.5. The second-order valence-corrected chi connectivity index (χ2v) is 6.91. The number of methoxy groups -OCH3 is 2. The van der Waals surface area contributed by atoms with Crippen molar-refractivity contribution in [2.75, 3.05) is 20.8 Å². The number of allylic oxidation sites excluding steroid dienone is 2. The van der Waals surface area contributed by atoms with Crippen molar-refractivity contribution in [3.63, 3.8) is 0 Å². The van der Waals surface area contributed by atoms with E-state index in [0.717, 1.165) is 13.1 Å². The standard InChI is InChI=1S/C23H30F4N4O3/c1-5-20(33-3)21(34-4)7-6-12-29-22(32)18(15-30-31-16(2)23(25,26)27)14-28-13-17-8-10-19(24)11-9-17/h6-11,14-16,30-31H,5,12-13H2,1-4H3,(H,29,32)/b7-6-,18-15+,21-20-,28-14?. The fourth-order valence-electron chi connectivity index (χ4n) is 2.44. The van der Waals surface area contributed by atoms with Crippen molar-refractivity contribution in [2.24, 2.45) is 4.99 Å². The topological polar surface area (TPSA) is 84.0 Å². The Bertz CT molecular complexity index is 888. The molecule has 0 radical (unpaired) electrons. The molecule has 1 unspecified atom stereocenters. The minimum absolute atomic E-state index is 0.0222. The van der Waals surface area contributed by atoms with Gasteiger partial charge in [0.1, 0.15) is 17.6 Å². The van der Waals surface area contributed by atoms with Crippen LogP contribution in [-0.2, 0) is 20.8 Å². The van der Waals surface area contributed by atoms with Crippen LogP contribution in [-0.4, -0.2) is 45.1 Å². The van der Waals surface area contributed by atoms with E-state index >= 15 is 0 Å². The second-order valence-electron chi connectivity index (χ2n) is 6.91. The average molecular weight is 487 g/mol. The summed E-state index contributed by atoms with van der Waals surface area (Å²) in [5.41, 5.74) is 5.01. The SMILES string of the molecule is CC/C(OC)=C(\C=C/CNC(=O)/C(C=NCc1ccc(F)cc1)=C/NNC(C)C(F)(F)F)OC. The molecule has 34 heavy (non-hydrogen) atoms. The van der Waals surface area contributed by atoms with E-state index in [0.29, 0.717) is 23.5 Å². The Morgan fingerprint density at radius 3 is 2.41 bits per heavy atom. The van der Waals surface area contributed by atoms with E-state index < -0.39 is 23.9 Å². The van der Waals surface area contributed by atoms with Crippen LogP contribution in [0.15, 0.2) is 64.7 Å². The maximum atomic E-state index is 13.0. The number of carbonyl (C=O) groups excluding carboxylic acids is 1. The lowest BCUT2D eigenvalue weighted by atomic mass is 10.2. The summed E-state index contributed by atoms with van der Waals surface area (Å²) in [6, 6.07) is 3.79. The highest BCUT2D eigenvalue weighted by Crippen LogP contribution is 2.18. The van der Waals surface area contributed by atoms with Gasteiger partial charge in [-0.2, -0.15) is 13.2 Å². The summed E-state index contributed by atoms with van der Waals surface area (Å²) in [5, 5.41) is 2.62. The maximum Gasteiger partial charge on any atom is 0.405 e. The van der Waals surface area contributed by atoms with Crippen molar-refractivity contribution in [3.05, 3.63) is 71.1 Å². The summed E-state index contributed by atoms with van der Waals surface area (Å²) in [4.78, 5) is 16.7. The van der Waals surface area contributed by atoms with Gasteiger partial charge >= 0.3 is 6.18 Å². The largest absolute Gasteiger partial charge is 0.497 e. The first kappa shape index (κ1) is 28.7. The summed E-state index contributed by atoms with van der Waals surface area (Å²) in [6.45, 7) is 3.09. The number of benzene rings is 1. The molecule has 1 amide bonds. The van der Waals surface area contributed by atoms with Gasteiger partial charge in [0.05, 0.1) is 26.3 Å². The predicted molar refractivity (Wildman–Crippen MR) is 122 cm³/mol. The Hall–Kier alpha value is -3.34.